The Morgan fingerprint density at radius 3 is 2.50 bits per heavy atom. The minimum atomic E-state index is -4.52. The van der Waals surface area contributed by atoms with E-state index in [4.69, 9.17) is 5.11 Å². The number of imidazole rings is 1. The van der Waals surface area contributed by atoms with Crippen LogP contribution in [0.25, 0.3) is 22.4 Å². The second kappa shape index (κ2) is 4.87. The van der Waals surface area contributed by atoms with Gasteiger partial charge in [-0.1, -0.05) is 24.3 Å². The highest BCUT2D eigenvalue weighted by molar-refractivity contribution is 6.01. The third kappa shape index (κ3) is 2.30. The zero-order valence-corrected chi connectivity index (χ0v) is 11.0. The van der Waals surface area contributed by atoms with E-state index < -0.39 is 17.7 Å². The summed E-state index contributed by atoms with van der Waals surface area (Å²) in [6.45, 7) is 0. The number of nitrogens with one attached hydrogen (secondary N) is 1. The number of para-hydroxylation sites is 1. The molecule has 3 rings (SSSR count). The van der Waals surface area contributed by atoms with E-state index in [0.717, 1.165) is 6.07 Å². The number of halogens is 3. The molecule has 3 aromatic rings. The third-order valence-corrected chi connectivity index (χ3v) is 3.23. The summed E-state index contributed by atoms with van der Waals surface area (Å²) < 4.78 is 39.2. The number of hydrogen-bond acceptors (Lipinski definition) is 2. The molecule has 0 aliphatic carbocycles. The number of benzene rings is 2. The number of hydrogen-bond donors (Lipinski definition) is 2. The molecule has 2 N–H and O–H groups in total. The molecule has 2 aromatic carbocycles. The molecule has 7 heteroatoms. The molecule has 0 atom stereocenters. The molecular weight excluding hydrogens is 297 g/mol. The Balaban J connectivity index is 2.25. The van der Waals surface area contributed by atoms with Crippen LogP contribution in [-0.2, 0) is 6.18 Å². The number of alkyl halides is 3. The second-order valence-corrected chi connectivity index (χ2v) is 4.64. The normalized spacial score (nSPS) is 11.8. The summed E-state index contributed by atoms with van der Waals surface area (Å²) in [6.07, 6.45) is -4.52. The maximum absolute atomic E-state index is 13.1. The molecule has 0 aliphatic heterocycles. The van der Waals surface area contributed by atoms with Crippen LogP contribution in [0.15, 0.2) is 42.5 Å². The van der Waals surface area contributed by atoms with E-state index in [1.54, 1.807) is 6.07 Å². The monoisotopic (exact) mass is 306 g/mol. The van der Waals surface area contributed by atoms with Crippen LogP contribution >= 0.6 is 0 Å². The van der Waals surface area contributed by atoms with Crippen molar-refractivity contribution in [3.63, 3.8) is 0 Å². The summed E-state index contributed by atoms with van der Waals surface area (Å²) in [7, 11) is 0. The summed E-state index contributed by atoms with van der Waals surface area (Å²) in [5.74, 6) is -1.20. The summed E-state index contributed by atoms with van der Waals surface area (Å²) in [6, 6.07) is 9.43. The van der Waals surface area contributed by atoms with E-state index in [0.29, 0.717) is 5.52 Å². The van der Waals surface area contributed by atoms with Crippen LogP contribution in [0.1, 0.15) is 15.9 Å². The smallest absolute Gasteiger partial charge is 0.417 e. The zero-order chi connectivity index (χ0) is 15.9. The third-order valence-electron chi connectivity index (χ3n) is 3.23. The molecule has 0 aliphatic rings. The van der Waals surface area contributed by atoms with E-state index in [2.05, 4.69) is 9.97 Å². The fourth-order valence-electron chi connectivity index (χ4n) is 2.27. The van der Waals surface area contributed by atoms with Gasteiger partial charge in [0, 0.05) is 5.56 Å². The SMILES string of the molecule is O=C(O)c1cccc2[nH]c(-c3ccccc3C(F)(F)F)nc12. The van der Waals surface area contributed by atoms with Crippen molar-refractivity contribution in [1.82, 2.24) is 9.97 Å². The van der Waals surface area contributed by atoms with Gasteiger partial charge in [-0.3, -0.25) is 0 Å². The van der Waals surface area contributed by atoms with Crippen molar-refractivity contribution in [2.45, 2.75) is 6.18 Å². The Morgan fingerprint density at radius 2 is 1.82 bits per heavy atom. The van der Waals surface area contributed by atoms with Crippen molar-refractivity contribution in [3.05, 3.63) is 53.6 Å². The van der Waals surface area contributed by atoms with Crippen LogP contribution in [-0.4, -0.2) is 21.0 Å². The van der Waals surface area contributed by atoms with Crippen molar-refractivity contribution in [3.8, 4) is 11.4 Å². The van der Waals surface area contributed by atoms with E-state index in [1.807, 2.05) is 0 Å². The molecular formula is C15H9F3N2O2. The topological polar surface area (TPSA) is 66.0 Å². The number of H-pyrrole nitrogens is 1. The van der Waals surface area contributed by atoms with Gasteiger partial charge in [-0.15, -0.1) is 0 Å². The van der Waals surface area contributed by atoms with Crippen LogP contribution in [0.5, 0.6) is 0 Å². The van der Waals surface area contributed by atoms with Crippen molar-refractivity contribution < 1.29 is 23.1 Å². The largest absolute Gasteiger partial charge is 0.478 e. The Morgan fingerprint density at radius 1 is 1.09 bits per heavy atom. The summed E-state index contributed by atoms with van der Waals surface area (Å²) >= 11 is 0. The molecule has 0 spiro atoms. The van der Waals surface area contributed by atoms with Crippen LogP contribution in [0.2, 0.25) is 0 Å². The van der Waals surface area contributed by atoms with Crippen molar-refractivity contribution in [2.75, 3.05) is 0 Å². The quantitative estimate of drug-likeness (QED) is 0.753. The van der Waals surface area contributed by atoms with Gasteiger partial charge in [-0.2, -0.15) is 13.2 Å². The molecule has 0 bridgehead atoms. The maximum atomic E-state index is 13.1. The number of carbonyl (C=O) groups is 1. The first-order chi connectivity index (χ1) is 10.4. The molecule has 112 valence electrons. The van der Waals surface area contributed by atoms with Gasteiger partial charge in [0.15, 0.2) is 0 Å². The Labute approximate surface area is 122 Å². The highest BCUT2D eigenvalue weighted by Gasteiger charge is 2.34. The van der Waals surface area contributed by atoms with Gasteiger partial charge in [0.05, 0.1) is 16.6 Å². The van der Waals surface area contributed by atoms with Gasteiger partial charge in [-0.05, 0) is 18.2 Å². The number of fused-ring (bicyclic) bond motifs is 1. The number of aromatic amines is 1. The first-order valence-corrected chi connectivity index (χ1v) is 6.26. The summed E-state index contributed by atoms with van der Waals surface area (Å²) in [4.78, 5) is 17.9. The van der Waals surface area contributed by atoms with E-state index in [1.165, 1.54) is 30.3 Å². The highest BCUT2D eigenvalue weighted by Crippen LogP contribution is 2.36. The van der Waals surface area contributed by atoms with E-state index >= 15 is 0 Å². The van der Waals surface area contributed by atoms with Gasteiger partial charge in [0.1, 0.15) is 11.3 Å². The van der Waals surface area contributed by atoms with Gasteiger partial charge < -0.3 is 10.1 Å². The lowest BCUT2D eigenvalue weighted by Gasteiger charge is -2.10. The van der Waals surface area contributed by atoms with Gasteiger partial charge >= 0.3 is 12.1 Å². The maximum Gasteiger partial charge on any atom is 0.417 e. The Bertz CT molecular complexity index is 869. The predicted molar refractivity (Wildman–Crippen MR) is 73.5 cm³/mol. The molecule has 0 amide bonds. The molecule has 22 heavy (non-hydrogen) atoms. The predicted octanol–water partition coefficient (Wildman–Crippen LogP) is 3.95. The molecule has 0 unspecified atom stereocenters. The first-order valence-electron chi connectivity index (χ1n) is 6.26. The molecule has 0 radical (unpaired) electrons. The standard InChI is InChI=1S/C15H9F3N2O2/c16-15(17,18)10-6-2-1-4-8(10)13-19-11-7-3-5-9(14(21)22)12(11)20-13/h1-7H,(H,19,20)(H,21,22). The molecule has 1 aromatic heterocycles. The summed E-state index contributed by atoms with van der Waals surface area (Å²) in [5, 5.41) is 9.11. The Kier molecular flexibility index (Phi) is 3.13. The van der Waals surface area contributed by atoms with Gasteiger partial charge in [0.2, 0.25) is 0 Å². The molecule has 0 fully saturated rings. The van der Waals surface area contributed by atoms with Crippen molar-refractivity contribution in [2.24, 2.45) is 0 Å². The van der Waals surface area contributed by atoms with Crippen LogP contribution in [0.3, 0.4) is 0 Å². The van der Waals surface area contributed by atoms with Crippen LogP contribution in [0.4, 0.5) is 13.2 Å². The number of aromatic nitrogens is 2. The average molecular weight is 306 g/mol. The Hall–Kier alpha value is -2.83. The summed E-state index contributed by atoms with van der Waals surface area (Å²) in [5.41, 5.74) is -0.521. The molecule has 1 heterocycles. The molecule has 0 saturated carbocycles. The second-order valence-electron chi connectivity index (χ2n) is 4.64. The van der Waals surface area contributed by atoms with E-state index in [-0.39, 0.29) is 22.5 Å². The number of carboxylic acid groups (broad SMARTS) is 1. The van der Waals surface area contributed by atoms with Gasteiger partial charge in [0.25, 0.3) is 0 Å². The lowest BCUT2D eigenvalue weighted by atomic mass is 10.1. The first kappa shape index (κ1) is 14.1. The highest BCUT2D eigenvalue weighted by atomic mass is 19.4. The molecule has 4 nitrogen and oxygen atoms in total. The number of rotatable bonds is 2. The van der Waals surface area contributed by atoms with E-state index in [9.17, 15) is 18.0 Å². The number of carboxylic acids is 1. The fraction of sp³-hybridized carbons (Fsp3) is 0.0667. The van der Waals surface area contributed by atoms with Gasteiger partial charge in [-0.25, -0.2) is 9.78 Å². The minimum Gasteiger partial charge on any atom is -0.478 e. The van der Waals surface area contributed by atoms with Crippen LogP contribution in [0, 0.1) is 0 Å². The van der Waals surface area contributed by atoms with Crippen molar-refractivity contribution in [1.29, 1.82) is 0 Å². The number of nitrogens with zero attached hydrogens (tertiary/aromatic N) is 1. The lowest BCUT2D eigenvalue weighted by molar-refractivity contribution is -0.137. The number of aromatic carboxylic acids is 1. The average Bonchev–Trinajstić information content (AvgIpc) is 2.89. The lowest BCUT2D eigenvalue weighted by Crippen LogP contribution is -2.07. The molecule has 0 saturated heterocycles. The fourth-order valence-corrected chi connectivity index (χ4v) is 2.27. The zero-order valence-electron chi connectivity index (χ0n) is 11.0. The van der Waals surface area contributed by atoms with Crippen LogP contribution < -0.4 is 0 Å². The minimum absolute atomic E-state index is 0.0170. The van der Waals surface area contributed by atoms with Crippen molar-refractivity contribution >= 4 is 17.0 Å².